The number of hydrogen-bond acceptors (Lipinski definition) is 2. The Balaban J connectivity index is 3.04. The van der Waals surface area contributed by atoms with E-state index in [2.05, 4.69) is 20.9 Å². The van der Waals surface area contributed by atoms with Gasteiger partial charge in [0.2, 0.25) is 6.41 Å². The summed E-state index contributed by atoms with van der Waals surface area (Å²) in [7, 11) is 0. The summed E-state index contributed by atoms with van der Waals surface area (Å²) in [5, 5.41) is 1.71. The predicted octanol–water partition coefficient (Wildman–Crippen LogP) is 2.19. The van der Waals surface area contributed by atoms with Crippen molar-refractivity contribution in [1.82, 2.24) is 10.3 Å². The first-order valence-corrected chi connectivity index (χ1v) is 4.62. The van der Waals surface area contributed by atoms with E-state index in [4.69, 9.17) is 0 Å². The fourth-order valence-electron chi connectivity index (χ4n) is 1.04. The zero-order valence-corrected chi connectivity index (χ0v) is 8.84. The van der Waals surface area contributed by atoms with Crippen LogP contribution in [0.4, 0.5) is 13.2 Å². The zero-order chi connectivity index (χ0) is 11.5. The number of aromatic nitrogens is 1. The van der Waals surface area contributed by atoms with Gasteiger partial charge >= 0.3 is 6.18 Å². The molecule has 7 heteroatoms. The molecule has 0 saturated carbocycles. The lowest BCUT2D eigenvalue weighted by atomic mass is 10.1. The van der Waals surface area contributed by atoms with Crippen molar-refractivity contribution in [1.29, 1.82) is 0 Å². The topological polar surface area (TPSA) is 42.0 Å². The number of rotatable bonds is 3. The molecular formula is C8H6BrF3N2O. The average molecular weight is 283 g/mol. The quantitative estimate of drug-likeness (QED) is 0.682. The second kappa shape index (κ2) is 4.61. The van der Waals surface area contributed by atoms with E-state index in [0.717, 1.165) is 0 Å². The lowest BCUT2D eigenvalue weighted by Gasteiger charge is -2.19. The summed E-state index contributed by atoms with van der Waals surface area (Å²) in [6.07, 6.45) is -3.28. The van der Waals surface area contributed by atoms with Crippen LogP contribution in [0.25, 0.3) is 0 Å². The summed E-state index contributed by atoms with van der Waals surface area (Å²) in [6, 6.07) is 0.392. The van der Waals surface area contributed by atoms with Gasteiger partial charge < -0.3 is 5.32 Å². The van der Waals surface area contributed by atoms with Gasteiger partial charge in [0.25, 0.3) is 0 Å². The van der Waals surface area contributed by atoms with Crippen LogP contribution in [0.15, 0.2) is 22.9 Å². The lowest BCUT2D eigenvalue weighted by molar-refractivity contribution is -0.160. The number of nitrogens with one attached hydrogen (secondary N) is 1. The molecule has 3 nitrogen and oxygen atoms in total. The summed E-state index contributed by atoms with van der Waals surface area (Å²) in [5.41, 5.74) is -0.0727. The molecule has 15 heavy (non-hydrogen) atoms. The van der Waals surface area contributed by atoms with Gasteiger partial charge in [-0.2, -0.15) is 13.2 Å². The van der Waals surface area contributed by atoms with Gasteiger partial charge in [-0.25, -0.2) is 4.98 Å². The molecule has 0 fully saturated rings. The van der Waals surface area contributed by atoms with Crippen molar-refractivity contribution >= 4 is 22.3 Å². The highest BCUT2D eigenvalue weighted by Crippen LogP contribution is 2.32. The molecule has 1 rings (SSSR count). The number of alkyl halides is 3. The van der Waals surface area contributed by atoms with E-state index in [1.807, 2.05) is 0 Å². The molecule has 0 aliphatic carbocycles. The van der Waals surface area contributed by atoms with Crippen LogP contribution in [-0.4, -0.2) is 17.6 Å². The van der Waals surface area contributed by atoms with E-state index in [0.29, 0.717) is 0 Å². The standard InChI is InChI=1S/C8H6BrF3N2O/c9-6-3-5(1-2-13-6)7(14-4-15)8(10,11)12/h1-4,7H,(H,14,15). The maximum absolute atomic E-state index is 12.5. The molecule has 1 heterocycles. The van der Waals surface area contributed by atoms with Crippen LogP contribution < -0.4 is 5.32 Å². The Morgan fingerprint density at radius 1 is 1.53 bits per heavy atom. The predicted molar refractivity (Wildman–Crippen MR) is 49.9 cm³/mol. The third kappa shape index (κ3) is 3.19. The van der Waals surface area contributed by atoms with Gasteiger partial charge in [-0.3, -0.25) is 4.79 Å². The molecule has 0 bridgehead atoms. The fraction of sp³-hybridized carbons (Fsp3) is 0.250. The maximum atomic E-state index is 12.5. The van der Waals surface area contributed by atoms with Crippen molar-refractivity contribution in [3.05, 3.63) is 28.5 Å². The molecule has 82 valence electrons. The number of pyridine rings is 1. The van der Waals surface area contributed by atoms with Crippen LogP contribution in [0, 0.1) is 0 Å². The third-order valence-corrected chi connectivity index (χ3v) is 2.08. The first-order chi connectivity index (χ1) is 6.95. The molecule has 0 spiro atoms. The Kier molecular flexibility index (Phi) is 3.67. The van der Waals surface area contributed by atoms with Crippen molar-refractivity contribution in [3.8, 4) is 0 Å². The molecule has 1 atom stereocenters. The van der Waals surface area contributed by atoms with Gasteiger partial charge in [0.15, 0.2) is 6.04 Å². The van der Waals surface area contributed by atoms with E-state index >= 15 is 0 Å². The number of carbonyl (C=O) groups excluding carboxylic acids is 1. The Hall–Kier alpha value is -1.11. The van der Waals surface area contributed by atoms with Gasteiger partial charge in [0.1, 0.15) is 4.60 Å². The molecular weight excluding hydrogens is 277 g/mol. The fourth-order valence-corrected chi connectivity index (χ4v) is 1.43. The minimum absolute atomic E-state index is 0.0203. The third-order valence-electron chi connectivity index (χ3n) is 1.65. The largest absolute Gasteiger partial charge is 0.412 e. The summed E-state index contributed by atoms with van der Waals surface area (Å²) < 4.78 is 37.7. The van der Waals surface area contributed by atoms with Crippen molar-refractivity contribution in [2.24, 2.45) is 0 Å². The van der Waals surface area contributed by atoms with Crippen molar-refractivity contribution in [2.45, 2.75) is 12.2 Å². The highest BCUT2D eigenvalue weighted by molar-refractivity contribution is 9.10. The highest BCUT2D eigenvalue weighted by atomic mass is 79.9. The van der Waals surface area contributed by atoms with Crippen LogP contribution in [0.2, 0.25) is 0 Å². The smallest absolute Gasteiger partial charge is 0.343 e. The molecule has 1 aromatic heterocycles. The molecule has 1 N–H and O–H groups in total. The Morgan fingerprint density at radius 3 is 2.67 bits per heavy atom. The van der Waals surface area contributed by atoms with Gasteiger partial charge in [-0.05, 0) is 33.6 Å². The van der Waals surface area contributed by atoms with Gasteiger partial charge in [0, 0.05) is 6.20 Å². The zero-order valence-electron chi connectivity index (χ0n) is 7.25. The summed E-state index contributed by atoms with van der Waals surface area (Å²) in [6.45, 7) is 0. The number of amides is 1. The number of carbonyl (C=O) groups is 1. The molecule has 1 aromatic rings. The summed E-state index contributed by atoms with van der Waals surface area (Å²) >= 11 is 2.95. The molecule has 0 aliphatic heterocycles. The normalized spacial score (nSPS) is 13.3. The number of hydrogen-bond donors (Lipinski definition) is 1. The first kappa shape index (κ1) is 12.0. The summed E-state index contributed by atoms with van der Waals surface area (Å²) in [4.78, 5) is 13.8. The van der Waals surface area contributed by atoms with Crippen LogP contribution in [0.1, 0.15) is 11.6 Å². The first-order valence-electron chi connectivity index (χ1n) is 3.83. The van der Waals surface area contributed by atoms with Crippen LogP contribution in [0.3, 0.4) is 0 Å². The molecule has 0 aliphatic rings. The summed E-state index contributed by atoms with van der Waals surface area (Å²) in [5.74, 6) is 0. The van der Waals surface area contributed by atoms with Crippen molar-refractivity contribution in [3.63, 3.8) is 0 Å². The van der Waals surface area contributed by atoms with Gasteiger partial charge in [0.05, 0.1) is 0 Å². The van der Waals surface area contributed by atoms with Crippen molar-refractivity contribution < 1.29 is 18.0 Å². The van der Waals surface area contributed by atoms with E-state index in [1.165, 1.54) is 18.3 Å². The monoisotopic (exact) mass is 282 g/mol. The second-order valence-electron chi connectivity index (χ2n) is 2.67. The molecule has 0 saturated heterocycles. The van der Waals surface area contributed by atoms with E-state index in [-0.39, 0.29) is 16.6 Å². The van der Waals surface area contributed by atoms with E-state index < -0.39 is 12.2 Å². The Bertz CT molecular complexity index is 356. The lowest BCUT2D eigenvalue weighted by Crippen LogP contribution is -2.33. The van der Waals surface area contributed by atoms with Crippen LogP contribution in [-0.2, 0) is 4.79 Å². The van der Waals surface area contributed by atoms with Crippen molar-refractivity contribution in [2.75, 3.05) is 0 Å². The Morgan fingerprint density at radius 2 is 2.20 bits per heavy atom. The molecule has 0 radical (unpaired) electrons. The highest BCUT2D eigenvalue weighted by Gasteiger charge is 2.40. The van der Waals surface area contributed by atoms with Gasteiger partial charge in [-0.15, -0.1) is 0 Å². The molecule has 0 aromatic carbocycles. The number of nitrogens with zero attached hydrogens (tertiary/aromatic N) is 1. The van der Waals surface area contributed by atoms with Crippen LogP contribution >= 0.6 is 15.9 Å². The van der Waals surface area contributed by atoms with Crippen LogP contribution in [0.5, 0.6) is 0 Å². The van der Waals surface area contributed by atoms with Gasteiger partial charge in [-0.1, -0.05) is 0 Å². The molecule has 1 unspecified atom stereocenters. The van der Waals surface area contributed by atoms with E-state index in [9.17, 15) is 18.0 Å². The SMILES string of the molecule is O=CNC(c1ccnc(Br)c1)C(F)(F)F. The second-order valence-corrected chi connectivity index (χ2v) is 3.48. The minimum atomic E-state index is -4.53. The number of halogens is 4. The minimum Gasteiger partial charge on any atom is -0.343 e. The maximum Gasteiger partial charge on any atom is 0.412 e. The molecule has 1 amide bonds. The Labute approximate surface area is 91.8 Å². The average Bonchev–Trinajstić information content (AvgIpc) is 2.12. The van der Waals surface area contributed by atoms with E-state index in [1.54, 1.807) is 5.32 Å².